The minimum atomic E-state index is -1.18. The van der Waals surface area contributed by atoms with E-state index in [4.69, 9.17) is 9.47 Å². The van der Waals surface area contributed by atoms with Crippen molar-refractivity contribution in [2.45, 2.75) is 60.8 Å². The van der Waals surface area contributed by atoms with Crippen LogP contribution in [0.25, 0.3) is 29.9 Å². The Morgan fingerprint density at radius 3 is 2.36 bits per heavy atom. The van der Waals surface area contributed by atoms with Gasteiger partial charge in [-0.05, 0) is 81.5 Å². The Kier molecular flexibility index (Phi) is 9.31. The Bertz CT molecular complexity index is 2180. The zero-order valence-corrected chi connectivity index (χ0v) is 29.7. The Labute approximate surface area is 291 Å². The number of allylic oxidation sites excluding steroid dienone is 3. The van der Waals surface area contributed by atoms with Crippen molar-refractivity contribution in [3.8, 4) is 0 Å². The Morgan fingerprint density at radius 2 is 1.70 bits per heavy atom. The van der Waals surface area contributed by atoms with Crippen LogP contribution in [-0.4, -0.2) is 52.7 Å². The molecule has 3 aromatic rings. The number of carbonyl (C=O) groups is 4. The number of fused-ring (bicyclic) bond motifs is 7. The maximum Gasteiger partial charge on any atom is 0.321 e. The van der Waals surface area contributed by atoms with Crippen LogP contribution in [0.5, 0.6) is 0 Å². The van der Waals surface area contributed by atoms with Crippen molar-refractivity contribution in [2.75, 3.05) is 13.7 Å². The van der Waals surface area contributed by atoms with Crippen LogP contribution < -0.4 is 16.0 Å². The van der Waals surface area contributed by atoms with Crippen LogP contribution in [0.2, 0.25) is 0 Å². The van der Waals surface area contributed by atoms with E-state index in [1.807, 2.05) is 58.9 Å². The molecule has 1 aliphatic carbocycles. The number of esters is 2. The predicted octanol–water partition coefficient (Wildman–Crippen LogP) is 5.16. The van der Waals surface area contributed by atoms with Gasteiger partial charge in [0.25, 0.3) is 0 Å². The maximum absolute atomic E-state index is 14.2. The first-order valence-corrected chi connectivity index (χ1v) is 17.0. The second-order valence-corrected chi connectivity index (χ2v) is 13.5. The lowest BCUT2D eigenvalue weighted by molar-refractivity contribution is -0.143. The molecule has 0 saturated carbocycles. The van der Waals surface area contributed by atoms with E-state index in [-0.39, 0.29) is 36.6 Å². The molecule has 4 N–H and O–H groups in total. The van der Waals surface area contributed by atoms with Gasteiger partial charge in [-0.1, -0.05) is 32.1 Å². The molecular weight excluding hydrogens is 632 g/mol. The van der Waals surface area contributed by atoms with Crippen molar-refractivity contribution in [1.29, 1.82) is 0 Å². The van der Waals surface area contributed by atoms with E-state index < -0.39 is 11.9 Å². The number of aldehydes is 1. The van der Waals surface area contributed by atoms with Crippen molar-refractivity contribution >= 4 is 53.9 Å². The standard InChI is InChI=1S/C40H44N4O6/c1-9-23-20(5)27-15-28-21(6)25(11-12-33(46)50-14-13-19(3)4)37(43-28)35-36(40(48)49-8)39(47)34-22(7)29(44-38(34)35)16-31-24(10-2)26(18-45)32(42-31)17-30(23)41-27/h9,13,15-18,21,25,36,41-44H,1,10-12,14H2,2-8H3/b28-15+,31-16-,32-17-,37-35-/t21-,25-,36+/m0/s1. The molecule has 10 nitrogen and oxygen atoms in total. The van der Waals surface area contributed by atoms with Crippen LogP contribution >= 0.6 is 0 Å². The molecule has 1 fully saturated rings. The average Bonchev–Trinajstić information content (AvgIpc) is 3.83. The number of nitrogens with one attached hydrogen (secondary N) is 4. The molecule has 1 saturated heterocycles. The third-order valence-corrected chi connectivity index (χ3v) is 10.4. The van der Waals surface area contributed by atoms with Gasteiger partial charge in [-0.15, -0.1) is 0 Å². The first-order valence-electron chi connectivity index (χ1n) is 17.0. The number of ketones is 1. The molecule has 3 aliphatic rings. The molecule has 0 aromatic carbocycles. The van der Waals surface area contributed by atoms with E-state index in [0.717, 1.165) is 51.0 Å². The molecule has 0 spiro atoms. The summed E-state index contributed by atoms with van der Waals surface area (Å²) in [5.74, 6) is -2.88. The molecule has 10 heteroatoms. The first-order chi connectivity index (χ1) is 23.9. The lowest BCUT2D eigenvalue weighted by Gasteiger charge is -2.19. The highest BCUT2D eigenvalue weighted by molar-refractivity contribution is 6.24. The van der Waals surface area contributed by atoms with Gasteiger partial charge in [-0.25, -0.2) is 0 Å². The summed E-state index contributed by atoms with van der Waals surface area (Å²) in [5.41, 5.74) is 10.4. The van der Waals surface area contributed by atoms with Crippen molar-refractivity contribution < 1.29 is 28.7 Å². The highest BCUT2D eigenvalue weighted by Gasteiger charge is 2.48. The van der Waals surface area contributed by atoms with E-state index in [1.165, 1.54) is 7.11 Å². The van der Waals surface area contributed by atoms with E-state index in [0.29, 0.717) is 57.5 Å². The first kappa shape index (κ1) is 34.5. The zero-order chi connectivity index (χ0) is 36.0. The lowest BCUT2D eigenvalue weighted by Crippen LogP contribution is -2.25. The number of hydrogen-bond donors (Lipinski definition) is 4. The normalized spacial score (nSPS) is 22.7. The van der Waals surface area contributed by atoms with Gasteiger partial charge in [0, 0.05) is 74.3 Å². The van der Waals surface area contributed by atoms with Gasteiger partial charge in [0.1, 0.15) is 12.5 Å². The topological polar surface area (TPSA) is 146 Å². The molecule has 5 heterocycles. The van der Waals surface area contributed by atoms with E-state index >= 15 is 0 Å². The number of aromatic nitrogens is 3. The molecule has 3 aromatic heterocycles. The number of Topliss-reactive ketones (excluding diaryl/α,β-unsaturated/α-hetero) is 1. The maximum atomic E-state index is 14.2. The SMILES string of the molecule is C=Cc1c2[nH]c(c1C)/C=C1/N/C(=C3\c4[nH]c(c(C)c4C(=O)[C@@H]3C(=O)OC)/C=c3\[nH]/c(c(C=O)c3CC)=C\2)[C@@H](CCC(=O)OCC=C(C)C)[C@@H]1C. The largest absolute Gasteiger partial charge is 0.468 e. The number of carbonyl (C=O) groups excluding carboxylic acids is 4. The highest BCUT2D eigenvalue weighted by atomic mass is 16.5. The molecule has 8 bridgehead atoms. The minimum Gasteiger partial charge on any atom is -0.468 e. The molecule has 50 heavy (non-hydrogen) atoms. The summed E-state index contributed by atoms with van der Waals surface area (Å²) in [4.78, 5) is 63.5. The quantitative estimate of drug-likeness (QED) is 0.106. The van der Waals surface area contributed by atoms with Gasteiger partial charge in [0.15, 0.2) is 12.1 Å². The molecule has 0 unspecified atom stereocenters. The number of aromatic amines is 3. The lowest BCUT2D eigenvalue weighted by atomic mass is 9.85. The summed E-state index contributed by atoms with van der Waals surface area (Å²) in [6.45, 7) is 16.1. The van der Waals surface area contributed by atoms with Gasteiger partial charge in [0.2, 0.25) is 0 Å². The molecule has 0 amide bonds. The molecule has 3 atom stereocenters. The van der Waals surface area contributed by atoms with Gasteiger partial charge >= 0.3 is 11.9 Å². The number of rotatable bonds is 9. The van der Waals surface area contributed by atoms with Crippen molar-refractivity contribution in [3.63, 3.8) is 0 Å². The van der Waals surface area contributed by atoms with E-state index in [1.54, 1.807) is 6.08 Å². The van der Waals surface area contributed by atoms with Crippen LogP contribution in [0, 0.1) is 31.6 Å². The summed E-state index contributed by atoms with van der Waals surface area (Å²) in [6.07, 6.45) is 11.6. The second-order valence-electron chi connectivity index (χ2n) is 13.5. The van der Waals surface area contributed by atoms with Gasteiger partial charge < -0.3 is 29.7 Å². The summed E-state index contributed by atoms with van der Waals surface area (Å²) in [6, 6.07) is 0. The zero-order valence-electron chi connectivity index (χ0n) is 29.7. The number of ether oxygens (including phenoxy) is 2. The van der Waals surface area contributed by atoms with Crippen LogP contribution in [0.4, 0.5) is 0 Å². The molecule has 2 aliphatic heterocycles. The van der Waals surface area contributed by atoms with E-state index in [2.05, 4.69) is 33.8 Å². The second kappa shape index (κ2) is 13.5. The summed E-state index contributed by atoms with van der Waals surface area (Å²) in [7, 11) is 1.28. The van der Waals surface area contributed by atoms with Gasteiger partial charge in [-0.3, -0.25) is 19.2 Å². The minimum absolute atomic E-state index is 0.125. The Hall–Kier alpha value is -5.38. The van der Waals surface area contributed by atoms with Crippen LogP contribution in [-0.2, 0) is 25.5 Å². The van der Waals surface area contributed by atoms with Gasteiger partial charge in [-0.2, -0.15) is 0 Å². The average molecular weight is 677 g/mol. The van der Waals surface area contributed by atoms with Crippen LogP contribution in [0.15, 0.2) is 29.6 Å². The molecular formula is C40H44N4O6. The summed E-state index contributed by atoms with van der Waals surface area (Å²) < 4.78 is 10.7. The summed E-state index contributed by atoms with van der Waals surface area (Å²) >= 11 is 0. The molecule has 260 valence electrons. The smallest absolute Gasteiger partial charge is 0.321 e. The Balaban J connectivity index is 1.63. The van der Waals surface area contributed by atoms with Crippen molar-refractivity contribution in [2.24, 2.45) is 17.8 Å². The third-order valence-electron chi connectivity index (χ3n) is 10.4. The van der Waals surface area contributed by atoms with Gasteiger partial charge in [0.05, 0.1) is 18.2 Å². The fraction of sp³-hybridized carbons (Fsp3) is 0.350. The third kappa shape index (κ3) is 5.72. The number of hydrogen-bond acceptors (Lipinski definition) is 7. The number of H-pyrrole nitrogens is 3. The van der Waals surface area contributed by atoms with Crippen molar-refractivity contribution in [1.82, 2.24) is 20.3 Å². The van der Waals surface area contributed by atoms with Crippen LogP contribution in [0.1, 0.15) is 106 Å². The monoisotopic (exact) mass is 676 g/mol. The fourth-order valence-electron chi connectivity index (χ4n) is 7.59. The molecule has 0 radical (unpaired) electrons. The van der Waals surface area contributed by atoms with Crippen LogP contribution in [0.3, 0.4) is 0 Å². The van der Waals surface area contributed by atoms with Crippen molar-refractivity contribution in [3.05, 3.63) is 96.5 Å². The van der Waals surface area contributed by atoms with E-state index in [9.17, 15) is 19.2 Å². The Morgan fingerprint density at radius 1 is 0.980 bits per heavy atom. The highest BCUT2D eigenvalue weighted by Crippen LogP contribution is 2.48. The summed E-state index contributed by atoms with van der Waals surface area (Å²) in [5, 5.41) is 5.02. The fourth-order valence-corrected chi connectivity index (χ4v) is 7.59. The molecule has 6 rings (SSSR count). The predicted molar refractivity (Wildman–Crippen MR) is 193 cm³/mol. The number of methoxy groups -OCH3 is 1.